The van der Waals surface area contributed by atoms with Crippen LogP contribution in [0.25, 0.3) is 0 Å². The van der Waals surface area contributed by atoms with Gasteiger partial charge in [-0.15, -0.1) is 11.8 Å². The minimum atomic E-state index is 0.384. The van der Waals surface area contributed by atoms with Crippen LogP contribution in [-0.4, -0.2) is 12.8 Å². The van der Waals surface area contributed by atoms with Crippen molar-refractivity contribution < 1.29 is 0 Å². The summed E-state index contributed by atoms with van der Waals surface area (Å²) >= 11 is 1.92. The molecule has 2 heteroatoms. The molecular formula is C19H25NS. The van der Waals surface area contributed by atoms with Gasteiger partial charge in [0.05, 0.1) is 0 Å². The van der Waals surface area contributed by atoms with E-state index in [1.54, 1.807) is 0 Å². The molecule has 112 valence electrons. The number of hydrogen-bond donors (Lipinski definition) is 1. The zero-order chi connectivity index (χ0) is 15.4. The molecule has 0 saturated heterocycles. The zero-order valence-corrected chi connectivity index (χ0v) is 14.5. The van der Waals surface area contributed by atoms with E-state index in [1.807, 2.05) is 18.8 Å². The molecule has 0 fully saturated rings. The zero-order valence-electron chi connectivity index (χ0n) is 13.7. The van der Waals surface area contributed by atoms with E-state index in [0.717, 1.165) is 5.75 Å². The third kappa shape index (κ3) is 4.36. The number of thioether (sulfide) groups is 1. The Morgan fingerprint density at radius 3 is 2.14 bits per heavy atom. The van der Waals surface area contributed by atoms with E-state index < -0.39 is 0 Å². The Hall–Kier alpha value is -1.25. The average Bonchev–Trinajstić information content (AvgIpc) is 2.42. The molecule has 2 aromatic carbocycles. The molecule has 0 aromatic heterocycles. The molecule has 0 aliphatic rings. The molecule has 2 aromatic rings. The van der Waals surface area contributed by atoms with Gasteiger partial charge in [0.1, 0.15) is 0 Å². The van der Waals surface area contributed by atoms with Gasteiger partial charge in [-0.25, -0.2) is 0 Å². The highest BCUT2D eigenvalue weighted by molar-refractivity contribution is 7.99. The van der Waals surface area contributed by atoms with Crippen molar-refractivity contribution in [3.8, 4) is 0 Å². The van der Waals surface area contributed by atoms with Crippen LogP contribution < -0.4 is 5.32 Å². The summed E-state index contributed by atoms with van der Waals surface area (Å²) in [5.41, 5.74) is 6.78. The molecular weight excluding hydrogens is 274 g/mol. The molecule has 1 N–H and O–H groups in total. The predicted molar refractivity (Wildman–Crippen MR) is 94.4 cm³/mol. The summed E-state index contributed by atoms with van der Waals surface area (Å²) in [4.78, 5) is 1.35. The van der Waals surface area contributed by atoms with Crippen LogP contribution in [0, 0.1) is 27.7 Å². The van der Waals surface area contributed by atoms with Crippen LogP contribution in [0.2, 0.25) is 0 Å². The molecule has 1 unspecified atom stereocenters. The van der Waals surface area contributed by atoms with E-state index >= 15 is 0 Å². The molecule has 0 spiro atoms. The first-order chi connectivity index (χ1) is 9.99. The monoisotopic (exact) mass is 299 g/mol. The second-order valence-electron chi connectivity index (χ2n) is 5.82. The summed E-state index contributed by atoms with van der Waals surface area (Å²) in [6.07, 6.45) is 0. The van der Waals surface area contributed by atoms with Gasteiger partial charge in [0.2, 0.25) is 0 Å². The second-order valence-corrected chi connectivity index (χ2v) is 6.91. The first-order valence-electron chi connectivity index (χ1n) is 7.45. The molecule has 0 heterocycles. The van der Waals surface area contributed by atoms with Crippen molar-refractivity contribution in [2.45, 2.75) is 38.6 Å². The van der Waals surface area contributed by atoms with Gasteiger partial charge in [0.25, 0.3) is 0 Å². The van der Waals surface area contributed by atoms with E-state index in [1.165, 1.54) is 32.7 Å². The molecule has 1 nitrogen and oxygen atoms in total. The van der Waals surface area contributed by atoms with Crippen molar-refractivity contribution in [1.82, 2.24) is 5.32 Å². The van der Waals surface area contributed by atoms with Crippen LogP contribution in [0.4, 0.5) is 0 Å². The predicted octanol–water partition coefficient (Wildman–Crippen LogP) is 4.97. The van der Waals surface area contributed by atoms with E-state index in [0.29, 0.717) is 6.04 Å². The Morgan fingerprint density at radius 1 is 0.905 bits per heavy atom. The summed E-state index contributed by atoms with van der Waals surface area (Å²) in [6, 6.07) is 13.9. The molecule has 0 amide bonds. The van der Waals surface area contributed by atoms with Crippen LogP contribution in [0.15, 0.2) is 41.3 Å². The Balaban J connectivity index is 2.10. The molecule has 0 saturated carbocycles. The van der Waals surface area contributed by atoms with Crippen molar-refractivity contribution in [3.63, 3.8) is 0 Å². The SMILES string of the molecule is CNC(CSc1ccc(C)c(C)c1)c1cc(C)cc(C)c1. The van der Waals surface area contributed by atoms with Gasteiger partial charge in [-0.3, -0.25) is 0 Å². The molecule has 2 rings (SSSR count). The van der Waals surface area contributed by atoms with E-state index in [4.69, 9.17) is 0 Å². The Bertz CT molecular complexity index is 599. The van der Waals surface area contributed by atoms with Crippen molar-refractivity contribution in [3.05, 3.63) is 64.2 Å². The lowest BCUT2D eigenvalue weighted by Gasteiger charge is -2.18. The fourth-order valence-corrected chi connectivity index (χ4v) is 3.68. The maximum atomic E-state index is 3.45. The summed E-state index contributed by atoms with van der Waals surface area (Å²) in [5.74, 6) is 1.04. The Labute approximate surface area is 133 Å². The van der Waals surface area contributed by atoms with Crippen LogP contribution in [-0.2, 0) is 0 Å². The van der Waals surface area contributed by atoms with Gasteiger partial charge in [0.15, 0.2) is 0 Å². The molecule has 0 radical (unpaired) electrons. The van der Waals surface area contributed by atoms with Gasteiger partial charge in [-0.1, -0.05) is 35.4 Å². The fraction of sp³-hybridized carbons (Fsp3) is 0.368. The van der Waals surface area contributed by atoms with Gasteiger partial charge in [-0.05, 0) is 63.6 Å². The standard InChI is InChI=1S/C19H25NS/c1-13-8-14(2)10-17(9-13)19(20-5)12-21-18-7-6-15(3)16(4)11-18/h6-11,19-20H,12H2,1-5H3. The third-order valence-electron chi connectivity index (χ3n) is 3.89. The van der Waals surface area contributed by atoms with E-state index in [2.05, 4.69) is 69.4 Å². The normalized spacial score (nSPS) is 12.4. The largest absolute Gasteiger partial charge is 0.312 e. The van der Waals surface area contributed by atoms with Crippen molar-refractivity contribution in [2.24, 2.45) is 0 Å². The summed E-state index contributed by atoms with van der Waals surface area (Å²) in [6.45, 7) is 8.67. The highest BCUT2D eigenvalue weighted by Gasteiger charge is 2.11. The lowest BCUT2D eigenvalue weighted by molar-refractivity contribution is 0.661. The number of rotatable bonds is 5. The number of nitrogens with one attached hydrogen (secondary N) is 1. The number of aryl methyl sites for hydroxylation is 4. The fourth-order valence-electron chi connectivity index (χ4n) is 2.54. The minimum absolute atomic E-state index is 0.384. The highest BCUT2D eigenvalue weighted by atomic mass is 32.2. The summed E-state index contributed by atoms with van der Waals surface area (Å²) in [7, 11) is 2.04. The van der Waals surface area contributed by atoms with Gasteiger partial charge >= 0.3 is 0 Å². The molecule has 1 atom stereocenters. The van der Waals surface area contributed by atoms with Crippen LogP contribution >= 0.6 is 11.8 Å². The quantitative estimate of drug-likeness (QED) is 0.782. The molecule has 0 aliphatic carbocycles. The number of benzene rings is 2. The lowest BCUT2D eigenvalue weighted by atomic mass is 10.0. The van der Waals surface area contributed by atoms with Crippen LogP contribution in [0.3, 0.4) is 0 Å². The summed E-state index contributed by atoms with van der Waals surface area (Å²) in [5, 5.41) is 3.45. The Kier molecular flexibility index (Phi) is 5.49. The highest BCUT2D eigenvalue weighted by Crippen LogP contribution is 2.27. The first-order valence-corrected chi connectivity index (χ1v) is 8.43. The van der Waals surface area contributed by atoms with Gasteiger partial charge in [-0.2, -0.15) is 0 Å². The molecule has 21 heavy (non-hydrogen) atoms. The minimum Gasteiger partial charge on any atom is -0.312 e. The maximum Gasteiger partial charge on any atom is 0.0413 e. The third-order valence-corrected chi connectivity index (χ3v) is 4.98. The van der Waals surface area contributed by atoms with Gasteiger partial charge in [0, 0.05) is 16.7 Å². The van der Waals surface area contributed by atoms with Crippen LogP contribution in [0.5, 0.6) is 0 Å². The first kappa shape index (κ1) is 16.1. The van der Waals surface area contributed by atoms with E-state index in [9.17, 15) is 0 Å². The molecule has 0 aliphatic heterocycles. The van der Waals surface area contributed by atoms with E-state index in [-0.39, 0.29) is 0 Å². The average molecular weight is 299 g/mol. The van der Waals surface area contributed by atoms with Crippen molar-refractivity contribution >= 4 is 11.8 Å². The maximum absolute atomic E-state index is 3.45. The summed E-state index contributed by atoms with van der Waals surface area (Å²) < 4.78 is 0. The topological polar surface area (TPSA) is 12.0 Å². The van der Waals surface area contributed by atoms with Crippen molar-refractivity contribution in [2.75, 3.05) is 12.8 Å². The van der Waals surface area contributed by atoms with Crippen LogP contribution in [0.1, 0.15) is 33.9 Å². The lowest BCUT2D eigenvalue weighted by Crippen LogP contribution is -2.19. The van der Waals surface area contributed by atoms with Crippen molar-refractivity contribution in [1.29, 1.82) is 0 Å². The second kappa shape index (κ2) is 7.15. The van der Waals surface area contributed by atoms with Gasteiger partial charge < -0.3 is 5.32 Å². The Morgan fingerprint density at radius 2 is 1.57 bits per heavy atom. The smallest absolute Gasteiger partial charge is 0.0413 e. The molecule has 0 bridgehead atoms. The number of hydrogen-bond acceptors (Lipinski definition) is 2.